The average molecular weight is 400 g/mol. The van der Waals surface area contributed by atoms with E-state index in [-0.39, 0.29) is 5.60 Å². The van der Waals surface area contributed by atoms with Crippen molar-refractivity contribution in [1.82, 2.24) is 14.1 Å². The first-order valence-electron chi connectivity index (χ1n) is 9.51. The smallest absolute Gasteiger partial charge is 0.252 e. The van der Waals surface area contributed by atoms with Crippen LogP contribution in [0, 0.1) is 6.92 Å². The first-order chi connectivity index (χ1) is 12.4. The highest BCUT2D eigenvalue weighted by atomic mass is 32.2. The molecule has 0 saturated carbocycles. The first-order valence-corrected chi connectivity index (χ1v) is 11.8. The van der Waals surface area contributed by atoms with Gasteiger partial charge in [-0.05, 0) is 43.8 Å². The third kappa shape index (κ3) is 3.59. The summed E-state index contributed by atoms with van der Waals surface area (Å²) in [6.45, 7) is 8.53. The largest absolute Gasteiger partial charge is 0.370 e. The van der Waals surface area contributed by atoms with Crippen molar-refractivity contribution in [1.29, 1.82) is 0 Å². The van der Waals surface area contributed by atoms with Crippen molar-refractivity contribution in [2.45, 2.75) is 42.1 Å². The van der Waals surface area contributed by atoms with Crippen LogP contribution in [0.3, 0.4) is 0 Å². The summed E-state index contributed by atoms with van der Waals surface area (Å²) >= 11 is 1.32. The lowest BCUT2D eigenvalue weighted by Gasteiger charge is -2.53. The van der Waals surface area contributed by atoms with Crippen molar-refractivity contribution in [3.63, 3.8) is 0 Å². The predicted octanol–water partition coefficient (Wildman–Crippen LogP) is 1.62. The molecule has 0 bridgehead atoms. The lowest BCUT2D eigenvalue weighted by molar-refractivity contribution is -0.226. The van der Waals surface area contributed by atoms with E-state index in [1.165, 1.54) is 11.3 Å². The average Bonchev–Trinajstić information content (AvgIpc) is 3.03. The van der Waals surface area contributed by atoms with Crippen LogP contribution in [0.25, 0.3) is 0 Å². The van der Waals surface area contributed by atoms with Gasteiger partial charge in [-0.15, -0.1) is 11.3 Å². The zero-order chi connectivity index (χ0) is 18.4. The van der Waals surface area contributed by atoms with Gasteiger partial charge in [-0.2, -0.15) is 4.31 Å². The molecule has 3 aliphatic heterocycles. The van der Waals surface area contributed by atoms with Crippen LogP contribution in [-0.2, 0) is 14.8 Å². The lowest BCUT2D eigenvalue weighted by Crippen LogP contribution is -2.60. The first kappa shape index (κ1) is 18.8. The van der Waals surface area contributed by atoms with Crippen LogP contribution in [0.4, 0.5) is 0 Å². The Hall–Kier alpha value is -0.510. The summed E-state index contributed by atoms with van der Waals surface area (Å²) in [6, 6.07) is 1.88. The molecule has 0 radical (unpaired) electrons. The molecular formula is C18H29N3O3S2. The standard InChI is InChI=1S/C18H29N3O3S2/c1-15-3-12-25-17(15)26(22,23)21-6-4-18(5-7-21)13-16(24-18)14-20-10-8-19(2)9-11-20/h3,12,16H,4-11,13-14H2,1-2H3. The number of aryl methyl sites for hydroxylation is 1. The summed E-state index contributed by atoms with van der Waals surface area (Å²) in [5, 5.41) is 1.85. The maximum atomic E-state index is 12.8. The Labute approximate surface area is 160 Å². The van der Waals surface area contributed by atoms with E-state index >= 15 is 0 Å². The molecule has 4 heterocycles. The summed E-state index contributed by atoms with van der Waals surface area (Å²) in [5.74, 6) is 0. The predicted molar refractivity (Wildman–Crippen MR) is 103 cm³/mol. The molecule has 0 aromatic carbocycles. The Balaban J connectivity index is 1.28. The van der Waals surface area contributed by atoms with E-state index in [1.807, 2.05) is 18.4 Å². The number of nitrogens with zero attached hydrogens (tertiary/aromatic N) is 3. The van der Waals surface area contributed by atoms with Crippen molar-refractivity contribution in [3.8, 4) is 0 Å². The summed E-state index contributed by atoms with van der Waals surface area (Å²) < 4.78 is 34.1. The van der Waals surface area contributed by atoms with Gasteiger partial charge in [-0.25, -0.2) is 8.42 Å². The SMILES string of the molecule is Cc1ccsc1S(=O)(=O)N1CCC2(CC1)CC(CN1CCN(C)CC1)O2. The zero-order valence-corrected chi connectivity index (χ0v) is 17.3. The Morgan fingerprint density at radius 1 is 1.19 bits per heavy atom. The number of hydrogen-bond acceptors (Lipinski definition) is 6. The molecule has 1 aromatic rings. The number of hydrogen-bond donors (Lipinski definition) is 0. The van der Waals surface area contributed by atoms with E-state index in [4.69, 9.17) is 4.74 Å². The second kappa shape index (κ2) is 7.14. The van der Waals surface area contributed by atoms with Gasteiger partial charge in [-0.3, -0.25) is 4.90 Å². The second-order valence-electron chi connectivity index (χ2n) is 8.03. The molecule has 0 aliphatic carbocycles. The Morgan fingerprint density at radius 2 is 1.85 bits per heavy atom. The fourth-order valence-electron chi connectivity index (χ4n) is 4.38. The summed E-state index contributed by atoms with van der Waals surface area (Å²) in [5.41, 5.74) is 0.774. The van der Waals surface area contributed by atoms with Gasteiger partial charge in [0.15, 0.2) is 0 Å². The molecule has 1 atom stereocenters. The molecule has 0 amide bonds. The van der Waals surface area contributed by atoms with E-state index in [0.29, 0.717) is 23.4 Å². The summed E-state index contributed by atoms with van der Waals surface area (Å²) in [7, 11) is -1.17. The van der Waals surface area contributed by atoms with E-state index in [9.17, 15) is 8.42 Å². The van der Waals surface area contributed by atoms with Gasteiger partial charge in [0.2, 0.25) is 0 Å². The molecule has 6 nitrogen and oxygen atoms in total. The molecule has 1 spiro atoms. The van der Waals surface area contributed by atoms with Crippen LogP contribution in [0.5, 0.6) is 0 Å². The van der Waals surface area contributed by atoms with Crippen LogP contribution < -0.4 is 0 Å². The van der Waals surface area contributed by atoms with Gasteiger partial charge >= 0.3 is 0 Å². The topological polar surface area (TPSA) is 53.1 Å². The fraction of sp³-hybridized carbons (Fsp3) is 0.778. The molecule has 26 heavy (non-hydrogen) atoms. The normalized spacial score (nSPS) is 28.3. The van der Waals surface area contributed by atoms with Crippen molar-refractivity contribution in [2.75, 3.05) is 52.9 Å². The van der Waals surface area contributed by atoms with Crippen LogP contribution in [0.2, 0.25) is 0 Å². The van der Waals surface area contributed by atoms with Crippen molar-refractivity contribution < 1.29 is 13.2 Å². The molecule has 4 rings (SSSR count). The van der Waals surface area contributed by atoms with E-state index in [1.54, 1.807) is 4.31 Å². The minimum Gasteiger partial charge on any atom is -0.370 e. The molecule has 3 aliphatic rings. The maximum Gasteiger partial charge on any atom is 0.252 e. The minimum atomic E-state index is -3.34. The fourth-order valence-corrected chi connectivity index (χ4v) is 7.37. The summed E-state index contributed by atoms with van der Waals surface area (Å²) in [6.07, 6.45) is 3.03. The van der Waals surface area contributed by atoms with Gasteiger partial charge in [0.25, 0.3) is 10.0 Å². The number of ether oxygens (including phenoxy) is 1. The van der Waals surface area contributed by atoms with Gasteiger partial charge in [0.1, 0.15) is 4.21 Å². The lowest BCUT2D eigenvalue weighted by atomic mass is 9.81. The molecule has 3 fully saturated rings. The molecule has 0 N–H and O–H groups in total. The minimum absolute atomic E-state index is 0.0756. The molecule has 1 unspecified atom stereocenters. The van der Waals surface area contributed by atoms with E-state index in [0.717, 1.165) is 57.5 Å². The number of rotatable bonds is 4. The molecule has 1 aromatic heterocycles. The van der Waals surface area contributed by atoms with Gasteiger partial charge in [0.05, 0.1) is 11.7 Å². The molecular weight excluding hydrogens is 370 g/mol. The van der Waals surface area contributed by atoms with Crippen LogP contribution in [0.1, 0.15) is 24.8 Å². The van der Waals surface area contributed by atoms with E-state index < -0.39 is 10.0 Å². The van der Waals surface area contributed by atoms with E-state index in [2.05, 4.69) is 16.8 Å². The molecule has 3 saturated heterocycles. The maximum absolute atomic E-state index is 12.8. The summed E-state index contributed by atoms with van der Waals surface area (Å²) in [4.78, 5) is 4.86. The van der Waals surface area contributed by atoms with Crippen LogP contribution >= 0.6 is 11.3 Å². The number of sulfonamides is 1. The quantitative estimate of drug-likeness (QED) is 0.770. The van der Waals surface area contributed by atoms with Crippen LogP contribution in [0.15, 0.2) is 15.7 Å². The Morgan fingerprint density at radius 3 is 2.42 bits per heavy atom. The zero-order valence-electron chi connectivity index (χ0n) is 15.7. The van der Waals surface area contributed by atoms with Crippen molar-refractivity contribution >= 4 is 21.4 Å². The highest BCUT2D eigenvalue weighted by molar-refractivity contribution is 7.91. The highest BCUT2D eigenvalue weighted by Crippen LogP contribution is 2.42. The highest BCUT2D eigenvalue weighted by Gasteiger charge is 2.49. The number of thiophene rings is 1. The third-order valence-electron chi connectivity index (χ3n) is 6.10. The Bertz CT molecular complexity index is 725. The van der Waals surface area contributed by atoms with Gasteiger partial charge in [-0.1, -0.05) is 0 Å². The number of likely N-dealkylation sites (N-methyl/N-ethyl adjacent to an activating group) is 1. The van der Waals surface area contributed by atoms with Gasteiger partial charge in [0, 0.05) is 52.2 Å². The monoisotopic (exact) mass is 399 g/mol. The second-order valence-corrected chi connectivity index (χ2v) is 11.1. The molecule has 8 heteroatoms. The van der Waals surface area contributed by atoms with Crippen LogP contribution in [-0.4, -0.2) is 87.1 Å². The van der Waals surface area contributed by atoms with Gasteiger partial charge < -0.3 is 9.64 Å². The number of piperazine rings is 1. The van der Waals surface area contributed by atoms with Crippen molar-refractivity contribution in [2.24, 2.45) is 0 Å². The third-order valence-corrected chi connectivity index (χ3v) is 9.66. The Kier molecular flexibility index (Phi) is 5.18. The number of piperidine rings is 1. The molecule has 146 valence electrons. The van der Waals surface area contributed by atoms with Crippen molar-refractivity contribution in [3.05, 3.63) is 17.0 Å².